The minimum atomic E-state index is 0.544. The maximum absolute atomic E-state index is 4.79. The van der Waals surface area contributed by atoms with Gasteiger partial charge in [0.2, 0.25) is 5.95 Å². The molecule has 0 aliphatic heterocycles. The molecule has 0 bridgehead atoms. The molecule has 4 nitrogen and oxygen atoms in total. The summed E-state index contributed by atoms with van der Waals surface area (Å²) >= 11 is 1.75. The molecule has 2 aromatic heterocycles. The Morgan fingerprint density at radius 1 is 1.43 bits per heavy atom. The topological polar surface area (TPSA) is 41.1 Å². The third-order valence-electron chi connectivity index (χ3n) is 4.28. The van der Waals surface area contributed by atoms with Crippen LogP contribution < -0.4 is 10.2 Å². The molecule has 1 saturated carbocycles. The van der Waals surface area contributed by atoms with Crippen molar-refractivity contribution in [3.63, 3.8) is 0 Å². The van der Waals surface area contributed by atoms with Crippen LogP contribution >= 0.6 is 11.3 Å². The Labute approximate surface area is 130 Å². The van der Waals surface area contributed by atoms with E-state index in [0.717, 1.165) is 35.5 Å². The van der Waals surface area contributed by atoms with Gasteiger partial charge in [0.15, 0.2) is 0 Å². The van der Waals surface area contributed by atoms with Crippen LogP contribution in [0.3, 0.4) is 0 Å². The second kappa shape index (κ2) is 5.79. The van der Waals surface area contributed by atoms with Crippen LogP contribution in [0.25, 0.3) is 10.2 Å². The van der Waals surface area contributed by atoms with Gasteiger partial charge in [0.25, 0.3) is 0 Å². The second-order valence-electron chi connectivity index (χ2n) is 6.06. The Balaban J connectivity index is 2.00. The highest BCUT2D eigenvalue weighted by Gasteiger charge is 2.32. The molecule has 5 heteroatoms. The molecule has 0 aromatic carbocycles. The Morgan fingerprint density at radius 3 is 2.86 bits per heavy atom. The predicted octanol–water partition coefficient (Wildman–Crippen LogP) is 4.06. The fraction of sp³-hybridized carbons (Fsp3) is 0.625. The van der Waals surface area contributed by atoms with Gasteiger partial charge in [0.1, 0.15) is 10.6 Å². The third kappa shape index (κ3) is 2.98. The van der Waals surface area contributed by atoms with Gasteiger partial charge in [0, 0.05) is 24.5 Å². The van der Waals surface area contributed by atoms with E-state index in [-0.39, 0.29) is 0 Å². The molecule has 1 N–H and O–H groups in total. The average Bonchev–Trinajstić information content (AvgIpc) is 3.24. The van der Waals surface area contributed by atoms with Crippen molar-refractivity contribution in [2.24, 2.45) is 5.92 Å². The van der Waals surface area contributed by atoms with Gasteiger partial charge < -0.3 is 10.2 Å². The van der Waals surface area contributed by atoms with Crippen LogP contribution in [0.15, 0.2) is 6.07 Å². The van der Waals surface area contributed by atoms with Crippen molar-refractivity contribution in [1.82, 2.24) is 9.97 Å². The summed E-state index contributed by atoms with van der Waals surface area (Å²) < 4.78 is 0. The van der Waals surface area contributed by atoms with Crippen molar-refractivity contribution in [1.29, 1.82) is 0 Å². The lowest BCUT2D eigenvalue weighted by Gasteiger charge is -2.26. The highest BCUT2D eigenvalue weighted by atomic mass is 32.1. The van der Waals surface area contributed by atoms with E-state index in [1.807, 2.05) is 0 Å². The molecule has 2 heterocycles. The van der Waals surface area contributed by atoms with E-state index >= 15 is 0 Å². The molecule has 0 radical (unpaired) electrons. The van der Waals surface area contributed by atoms with Gasteiger partial charge in [-0.2, -0.15) is 4.98 Å². The van der Waals surface area contributed by atoms with E-state index < -0.39 is 0 Å². The van der Waals surface area contributed by atoms with Gasteiger partial charge in [-0.25, -0.2) is 4.98 Å². The van der Waals surface area contributed by atoms with Crippen molar-refractivity contribution < 1.29 is 0 Å². The van der Waals surface area contributed by atoms with Crippen molar-refractivity contribution in [2.75, 3.05) is 23.8 Å². The standard InChI is InChI=1S/C16H24N4S/c1-5-8-17-16-18-14(20(4)11(3)12-6-7-12)13-9-10(2)21-15(13)19-16/h9,11-12H,5-8H2,1-4H3,(H,17,18,19). The molecule has 1 aliphatic rings. The molecule has 21 heavy (non-hydrogen) atoms. The number of nitrogens with zero attached hydrogens (tertiary/aromatic N) is 3. The summed E-state index contributed by atoms with van der Waals surface area (Å²) in [6.07, 6.45) is 3.78. The molecule has 2 aromatic rings. The van der Waals surface area contributed by atoms with Crippen molar-refractivity contribution >= 4 is 33.3 Å². The summed E-state index contributed by atoms with van der Waals surface area (Å²) in [6.45, 7) is 7.52. The first kappa shape index (κ1) is 14.6. The zero-order valence-electron chi connectivity index (χ0n) is 13.3. The van der Waals surface area contributed by atoms with Gasteiger partial charge in [-0.05, 0) is 45.1 Å². The minimum Gasteiger partial charge on any atom is -0.356 e. The molecule has 1 atom stereocenters. The maximum atomic E-state index is 4.79. The van der Waals surface area contributed by atoms with E-state index in [4.69, 9.17) is 4.98 Å². The van der Waals surface area contributed by atoms with E-state index in [0.29, 0.717) is 6.04 Å². The lowest BCUT2D eigenvalue weighted by atomic mass is 10.2. The van der Waals surface area contributed by atoms with E-state index in [2.05, 4.69) is 49.1 Å². The number of thiophene rings is 1. The molecular formula is C16H24N4S. The first-order chi connectivity index (χ1) is 10.1. The third-order valence-corrected chi connectivity index (χ3v) is 5.22. The molecular weight excluding hydrogens is 280 g/mol. The largest absolute Gasteiger partial charge is 0.356 e. The second-order valence-corrected chi connectivity index (χ2v) is 7.30. The van der Waals surface area contributed by atoms with Crippen molar-refractivity contribution in [2.45, 2.75) is 46.1 Å². The van der Waals surface area contributed by atoms with Gasteiger partial charge >= 0.3 is 0 Å². The van der Waals surface area contributed by atoms with Gasteiger partial charge in [0.05, 0.1) is 5.39 Å². The van der Waals surface area contributed by atoms with Gasteiger partial charge in [-0.1, -0.05) is 6.92 Å². The van der Waals surface area contributed by atoms with Crippen LogP contribution in [0.1, 0.15) is 38.0 Å². The lowest BCUT2D eigenvalue weighted by Crippen LogP contribution is -2.31. The summed E-state index contributed by atoms with van der Waals surface area (Å²) in [5, 5.41) is 4.52. The maximum Gasteiger partial charge on any atom is 0.226 e. The molecule has 114 valence electrons. The fourth-order valence-electron chi connectivity index (χ4n) is 2.70. The Hall–Kier alpha value is -1.36. The number of anilines is 2. The first-order valence-corrected chi connectivity index (χ1v) is 8.66. The summed E-state index contributed by atoms with van der Waals surface area (Å²) in [6, 6.07) is 2.76. The molecule has 0 spiro atoms. The van der Waals surface area contributed by atoms with Crippen molar-refractivity contribution in [3.8, 4) is 0 Å². The Morgan fingerprint density at radius 2 is 2.19 bits per heavy atom. The Bertz CT molecular complexity index is 632. The summed E-state index contributed by atoms with van der Waals surface area (Å²) in [7, 11) is 2.17. The molecule has 1 fully saturated rings. The van der Waals surface area contributed by atoms with E-state index in [9.17, 15) is 0 Å². The zero-order valence-corrected chi connectivity index (χ0v) is 14.1. The molecule has 1 aliphatic carbocycles. The number of aromatic nitrogens is 2. The van der Waals surface area contributed by atoms with Crippen molar-refractivity contribution in [3.05, 3.63) is 10.9 Å². The fourth-order valence-corrected chi connectivity index (χ4v) is 3.57. The molecule has 0 saturated heterocycles. The van der Waals surface area contributed by atoms with Crippen LogP contribution in [0.2, 0.25) is 0 Å². The van der Waals surface area contributed by atoms with E-state index in [1.54, 1.807) is 11.3 Å². The summed E-state index contributed by atoms with van der Waals surface area (Å²) in [4.78, 5) is 14.2. The molecule has 0 amide bonds. The minimum absolute atomic E-state index is 0.544. The number of nitrogens with one attached hydrogen (secondary N) is 1. The zero-order chi connectivity index (χ0) is 15.0. The smallest absolute Gasteiger partial charge is 0.226 e. The number of hydrogen-bond donors (Lipinski definition) is 1. The van der Waals surface area contributed by atoms with Crippen LogP contribution in [-0.2, 0) is 0 Å². The highest BCUT2D eigenvalue weighted by molar-refractivity contribution is 7.18. The number of rotatable bonds is 6. The number of aryl methyl sites for hydroxylation is 1. The molecule has 3 rings (SSSR count). The summed E-state index contributed by atoms with van der Waals surface area (Å²) in [5.74, 6) is 2.66. The number of hydrogen-bond acceptors (Lipinski definition) is 5. The quantitative estimate of drug-likeness (QED) is 0.874. The van der Waals surface area contributed by atoms with E-state index in [1.165, 1.54) is 23.1 Å². The van der Waals surface area contributed by atoms with Crippen LogP contribution in [-0.4, -0.2) is 29.6 Å². The van der Waals surface area contributed by atoms with Crippen LogP contribution in [0.5, 0.6) is 0 Å². The lowest BCUT2D eigenvalue weighted by molar-refractivity contribution is 0.605. The summed E-state index contributed by atoms with van der Waals surface area (Å²) in [5.41, 5.74) is 0. The first-order valence-electron chi connectivity index (χ1n) is 7.85. The Kier molecular flexibility index (Phi) is 4.02. The van der Waals surface area contributed by atoms with Gasteiger partial charge in [-0.15, -0.1) is 11.3 Å². The molecule has 1 unspecified atom stereocenters. The highest BCUT2D eigenvalue weighted by Crippen LogP contribution is 2.38. The normalized spacial score (nSPS) is 16.2. The number of fused-ring (bicyclic) bond motifs is 1. The average molecular weight is 304 g/mol. The van der Waals surface area contributed by atoms with Crippen LogP contribution in [0, 0.1) is 12.8 Å². The van der Waals surface area contributed by atoms with Gasteiger partial charge in [-0.3, -0.25) is 0 Å². The SMILES string of the molecule is CCCNc1nc(N(C)C(C)C2CC2)c2cc(C)sc2n1. The monoisotopic (exact) mass is 304 g/mol. The van der Waals surface area contributed by atoms with Crippen LogP contribution in [0.4, 0.5) is 11.8 Å². The predicted molar refractivity (Wildman–Crippen MR) is 91.5 cm³/mol.